The molecule has 0 radical (unpaired) electrons. The van der Waals surface area contributed by atoms with Crippen LogP contribution in [-0.2, 0) is 11.2 Å². The summed E-state index contributed by atoms with van der Waals surface area (Å²) < 4.78 is 5.54. The van der Waals surface area contributed by atoms with E-state index < -0.39 is 5.91 Å². The van der Waals surface area contributed by atoms with Gasteiger partial charge >= 0.3 is 0 Å². The average molecular weight is 333 g/mol. The third-order valence-corrected chi connectivity index (χ3v) is 4.11. The maximum absolute atomic E-state index is 11.2. The van der Waals surface area contributed by atoms with E-state index in [0.717, 1.165) is 18.5 Å². The van der Waals surface area contributed by atoms with Gasteiger partial charge in [-0.05, 0) is 35.7 Å². The van der Waals surface area contributed by atoms with Gasteiger partial charge in [-0.3, -0.25) is 10.0 Å². The summed E-state index contributed by atoms with van der Waals surface area (Å²) in [7, 11) is 0. The largest absolute Gasteiger partial charge is 0.483 e. The zero-order valence-electron chi connectivity index (χ0n) is 12.4. The number of benzene rings is 2. The number of halogens is 1. The molecule has 2 aromatic carbocycles. The van der Waals surface area contributed by atoms with Crippen molar-refractivity contribution >= 4 is 17.5 Å². The molecule has 3 rings (SSSR count). The molecule has 6 heteroatoms. The highest BCUT2D eigenvalue weighted by molar-refractivity contribution is 6.30. The van der Waals surface area contributed by atoms with Crippen LogP contribution in [0.3, 0.4) is 0 Å². The summed E-state index contributed by atoms with van der Waals surface area (Å²) in [5, 5.41) is 12.7. The maximum Gasteiger partial charge on any atom is 0.281 e. The number of hydrogen-bond acceptors (Lipinski definition) is 4. The second-order valence-electron chi connectivity index (χ2n) is 5.34. The molecule has 1 aliphatic heterocycles. The third-order valence-electron chi connectivity index (χ3n) is 3.88. The van der Waals surface area contributed by atoms with Crippen LogP contribution >= 0.6 is 11.6 Å². The molecular weight excluding hydrogens is 316 g/mol. The fraction of sp³-hybridized carbons (Fsp3) is 0.235. The van der Waals surface area contributed by atoms with E-state index in [9.17, 15) is 4.79 Å². The summed E-state index contributed by atoms with van der Waals surface area (Å²) in [5.74, 6) is -0.0462. The first-order chi connectivity index (χ1) is 11.2. The van der Waals surface area contributed by atoms with Crippen molar-refractivity contribution in [2.24, 2.45) is 0 Å². The number of rotatable bonds is 4. The van der Waals surface area contributed by atoms with Gasteiger partial charge in [-0.1, -0.05) is 35.9 Å². The standard InChI is InChI=1S/C17H17ClN2O3/c18-12-5-6-15(23-10-16(21)20-22)14(9-12)17-13-4-2-1-3-11(13)7-8-19-17/h1-6,9,17,19,22H,7-8,10H2,(H,20,21)/t17-/m0/s1. The molecule has 120 valence electrons. The molecular formula is C17H17ClN2O3. The van der Waals surface area contributed by atoms with Gasteiger partial charge in [-0.2, -0.15) is 0 Å². The smallest absolute Gasteiger partial charge is 0.281 e. The van der Waals surface area contributed by atoms with E-state index in [-0.39, 0.29) is 12.6 Å². The summed E-state index contributed by atoms with van der Waals surface area (Å²) in [6, 6.07) is 13.5. The van der Waals surface area contributed by atoms with Crippen LogP contribution in [-0.4, -0.2) is 24.3 Å². The molecule has 1 heterocycles. The lowest BCUT2D eigenvalue weighted by Gasteiger charge is -2.28. The third kappa shape index (κ3) is 3.47. The summed E-state index contributed by atoms with van der Waals surface area (Å²) in [6.45, 7) is 0.588. The first-order valence-corrected chi connectivity index (χ1v) is 7.73. The first-order valence-electron chi connectivity index (χ1n) is 7.35. The Hall–Kier alpha value is -2.08. The van der Waals surface area contributed by atoms with Crippen LogP contribution in [0.2, 0.25) is 5.02 Å². The Morgan fingerprint density at radius 2 is 2.13 bits per heavy atom. The number of carbonyl (C=O) groups excluding carboxylic acids is 1. The van der Waals surface area contributed by atoms with Gasteiger partial charge in [0, 0.05) is 17.1 Å². The minimum absolute atomic E-state index is 0.0502. The van der Waals surface area contributed by atoms with E-state index in [1.807, 2.05) is 18.2 Å². The van der Waals surface area contributed by atoms with Crippen molar-refractivity contribution in [2.45, 2.75) is 12.5 Å². The van der Waals surface area contributed by atoms with Gasteiger partial charge in [0.1, 0.15) is 5.75 Å². The quantitative estimate of drug-likeness (QED) is 0.594. The van der Waals surface area contributed by atoms with E-state index in [1.54, 1.807) is 17.6 Å². The van der Waals surface area contributed by atoms with Crippen molar-refractivity contribution in [3.63, 3.8) is 0 Å². The lowest BCUT2D eigenvalue weighted by Crippen LogP contribution is -2.31. The molecule has 0 aliphatic carbocycles. The molecule has 1 atom stereocenters. The van der Waals surface area contributed by atoms with E-state index in [0.29, 0.717) is 10.8 Å². The van der Waals surface area contributed by atoms with E-state index in [1.165, 1.54) is 11.1 Å². The molecule has 0 bridgehead atoms. The lowest BCUT2D eigenvalue weighted by molar-refractivity contribution is -0.131. The number of carbonyl (C=O) groups is 1. The number of fused-ring (bicyclic) bond motifs is 1. The normalized spacial score (nSPS) is 16.5. The zero-order chi connectivity index (χ0) is 16.2. The molecule has 0 spiro atoms. The van der Waals surface area contributed by atoms with Crippen molar-refractivity contribution in [3.8, 4) is 5.75 Å². The van der Waals surface area contributed by atoms with Gasteiger partial charge in [-0.25, -0.2) is 5.48 Å². The van der Waals surface area contributed by atoms with Crippen molar-refractivity contribution in [1.82, 2.24) is 10.8 Å². The highest BCUT2D eigenvalue weighted by Gasteiger charge is 2.24. The maximum atomic E-state index is 11.2. The molecule has 0 fully saturated rings. The zero-order valence-corrected chi connectivity index (χ0v) is 13.1. The lowest BCUT2D eigenvalue weighted by atomic mass is 9.89. The predicted octanol–water partition coefficient (Wildman–Crippen LogP) is 2.46. The van der Waals surface area contributed by atoms with Gasteiger partial charge in [0.15, 0.2) is 6.61 Å². The van der Waals surface area contributed by atoms with Crippen molar-refractivity contribution in [1.29, 1.82) is 0 Å². The Labute approximate surface area is 139 Å². The summed E-state index contributed by atoms with van der Waals surface area (Å²) in [5.41, 5.74) is 4.89. The number of nitrogens with one attached hydrogen (secondary N) is 2. The van der Waals surface area contributed by atoms with Gasteiger partial charge in [-0.15, -0.1) is 0 Å². The van der Waals surface area contributed by atoms with Gasteiger partial charge in [0.2, 0.25) is 0 Å². The predicted molar refractivity (Wildman–Crippen MR) is 86.9 cm³/mol. The van der Waals surface area contributed by atoms with E-state index >= 15 is 0 Å². The van der Waals surface area contributed by atoms with Crippen molar-refractivity contribution in [3.05, 3.63) is 64.2 Å². The van der Waals surface area contributed by atoms with Gasteiger partial charge in [0.25, 0.3) is 5.91 Å². The van der Waals surface area contributed by atoms with Gasteiger partial charge in [0.05, 0.1) is 6.04 Å². The van der Waals surface area contributed by atoms with Crippen LogP contribution < -0.4 is 15.5 Å². The summed E-state index contributed by atoms with van der Waals surface area (Å²) in [4.78, 5) is 11.2. The Balaban J connectivity index is 1.96. The fourth-order valence-electron chi connectivity index (χ4n) is 2.83. The molecule has 1 aliphatic rings. The molecule has 0 saturated carbocycles. The number of hydrogen-bond donors (Lipinski definition) is 3. The van der Waals surface area contributed by atoms with E-state index in [2.05, 4.69) is 17.4 Å². The molecule has 5 nitrogen and oxygen atoms in total. The SMILES string of the molecule is O=C(COc1ccc(Cl)cc1[C@H]1NCCc2ccccc21)NO. The topological polar surface area (TPSA) is 70.6 Å². The summed E-state index contributed by atoms with van der Waals surface area (Å²) >= 11 is 6.15. The minimum Gasteiger partial charge on any atom is -0.483 e. The molecule has 2 aromatic rings. The van der Waals surface area contributed by atoms with Crippen LogP contribution in [0, 0.1) is 0 Å². The highest BCUT2D eigenvalue weighted by Crippen LogP contribution is 2.35. The van der Waals surface area contributed by atoms with Crippen LogP contribution in [0.4, 0.5) is 0 Å². The Bertz CT molecular complexity index is 721. The molecule has 23 heavy (non-hydrogen) atoms. The minimum atomic E-state index is -0.608. The average Bonchev–Trinajstić information content (AvgIpc) is 2.59. The molecule has 0 unspecified atom stereocenters. The highest BCUT2D eigenvalue weighted by atomic mass is 35.5. The van der Waals surface area contributed by atoms with E-state index in [4.69, 9.17) is 21.5 Å². The summed E-state index contributed by atoms with van der Waals surface area (Å²) in [6.07, 6.45) is 0.969. The van der Waals surface area contributed by atoms with Crippen LogP contribution in [0.1, 0.15) is 22.7 Å². The van der Waals surface area contributed by atoms with Crippen molar-refractivity contribution < 1.29 is 14.7 Å². The molecule has 0 aromatic heterocycles. The fourth-order valence-corrected chi connectivity index (χ4v) is 3.01. The van der Waals surface area contributed by atoms with Crippen LogP contribution in [0.15, 0.2) is 42.5 Å². The Kier molecular flexibility index (Phi) is 4.81. The second kappa shape index (κ2) is 7.00. The molecule has 0 saturated heterocycles. The van der Waals surface area contributed by atoms with Gasteiger partial charge < -0.3 is 10.1 Å². The number of hydroxylamine groups is 1. The monoisotopic (exact) mass is 332 g/mol. The molecule has 1 amide bonds. The Morgan fingerprint density at radius 3 is 2.96 bits per heavy atom. The van der Waals surface area contributed by atoms with Crippen molar-refractivity contribution in [2.75, 3.05) is 13.2 Å². The van der Waals surface area contributed by atoms with Crippen LogP contribution in [0.25, 0.3) is 0 Å². The number of ether oxygens (including phenoxy) is 1. The molecule has 3 N–H and O–H groups in total. The van der Waals surface area contributed by atoms with Crippen LogP contribution in [0.5, 0.6) is 5.75 Å². The second-order valence-corrected chi connectivity index (χ2v) is 5.78. The Morgan fingerprint density at radius 1 is 1.30 bits per heavy atom. The first kappa shape index (κ1) is 15.8. The number of amides is 1.